The molecule has 2 aliphatic rings. The minimum absolute atomic E-state index is 0. The number of rotatable bonds is 16. The van der Waals surface area contributed by atoms with E-state index in [0.29, 0.717) is 24.0 Å². The van der Waals surface area contributed by atoms with Crippen LogP contribution in [0.4, 0.5) is 0 Å². The number of nitrogens with one attached hydrogen (secondary N) is 6. The third-order valence-corrected chi connectivity index (χ3v) is 16.3. The van der Waals surface area contributed by atoms with Crippen LogP contribution in [0, 0.1) is 53.7 Å². The fraction of sp³-hybridized carbons (Fsp3) is 0.366. The number of carbonyl (C=O) groups excluding carboxylic acids is 4. The Bertz CT molecular complexity index is 3690. The second-order valence-corrected chi connectivity index (χ2v) is 26.6. The summed E-state index contributed by atoms with van der Waals surface area (Å²) in [5.74, 6) is 0.495. The third kappa shape index (κ3) is 24.6. The van der Waals surface area contributed by atoms with Crippen molar-refractivity contribution in [3.05, 3.63) is 280 Å². The van der Waals surface area contributed by atoms with Crippen LogP contribution in [-0.4, -0.2) is 61.6 Å². The molecule has 6 aromatic carbocycles. The number of nitrogens with zero attached hydrogens (tertiary/aromatic N) is 2. The molecule has 4 amide bonds. The van der Waals surface area contributed by atoms with E-state index in [-0.39, 0.29) is 90.7 Å². The molecule has 0 aromatic heterocycles. The third-order valence-electron chi connectivity index (χ3n) is 16.3. The van der Waals surface area contributed by atoms with E-state index in [4.69, 9.17) is 0 Å². The van der Waals surface area contributed by atoms with Gasteiger partial charge in [0.15, 0.2) is 0 Å². The minimum Gasteiger partial charge on any atom is -0.356 e. The fourth-order valence-electron chi connectivity index (χ4n) is 11.4. The first kappa shape index (κ1) is 82.8. The van der Waals surface area contributed by atoms with Gasteiger partial charge in [-0.2, -0.15) is 60.7 Å². The molecule has 0 saturated carbocycles. The first-order valence-electron chi connectivity index (χ1n) is 32.9. The monoisotopic (exact) mass is 1360 g/mol. The molecule has 6 aromatic rings. The average Bonchev–Trinajstić information content (AvgIpc) is 0.804. The van der Waals surface area contributed by atoms with Gasteiger partial charge in [0.25, 0.3) is 23.6 Å². The predicted molar refractivity (Wildman–Crippen MR) is 390 cm³/mol. The summed E-state index contributed by atoms with van der Waals surface area (Å²) in [7, 11) is 8.23. The van der Waals surface area contributed by atoms with E-state index in [1.165, 1.54) is 22.3 Å². The van der Waals surface area contributed by atoms with Crippen molar-refractivity contribution in [1.82, 2.24) is 41.7 Å². The number of carbonyl (C=O) groups is 4. The van der Waals surface area contributed by atoms with Gasteiger partial charge in [0.1, 0.15) is 0 Å². The molecule has 2 heterocycles. The summed E-state index contributed by atoms with van der Waals surface area (Å²) in [6.45, 7) is 38.5. The van der Waals surface area contributed by atoms with Crippen LogP contribution in [0.15, 0.2) is 179 Å². The number of aryl methyl sites for hydroxylation is 6. The van der Waals surface area contributed by atoms with Gasteiger partial charge in [-0.05, 0) is 178 Å². The summed E-state index contributed by atoms with van der Waals surface area (Å²) in [5, 5.41) is 19.2. The van der Waals surface area contributed by atoms with Crippen LogP contribution in [0.1, 0.15) is 228 Å². The van der Waals surface area contributed by atoms with E-state index in [2.05, 4.69) is 194 Å². The zero-order chi connectivity index (χ0) is 69.7. The first-order chi connectivity index (χ1) is 44.4. The molecule has 6 N–H and O–H groups in total. The van der Waals surface area contributed by atoms with Crippen molar-refractivity contribution in [3.63, 3.8) is 0 Å². The smallest absolute Gasteiger partial charge is 0.356 e. The van der Waals surface area contributed by atoms with Crippen molar-refractivity contribution in [2.24, 2.45) is 0 Å². The van der Waals surface area contributed by atoms with Crippen LogP contribution in [0.25, 0.3) is 0 Å². The van der Waals surface area contributed by atoms with E-state index in [0.717, 1.165) is 114 Å². The summed E-state index contributed by atoms with van der Waals surface area (Å²) in [6, 6.07) is 42.6. The molecular formula is C82H106N8O4Ti2. The van der Waals surface area contributed by atoms with Crippen molar-refractivity contribution in [3.8, 4) is 0 Å². The molecule has 96 heavy (non-hydrogen) atoms. The maximum Gasteiger partial charge on any atom is 2.00 e. The zero-order valence-corrected chi connectivity index (χ0v) is 64.5. The maximum atomic E-state index is 13.7. The Morgan fingerprint density at radius 1 is 0.427 bits per heavy atom. The summed E-state index contributed by atoms with van der Waals surface area (Å²) in [4.78, 5) is 57.4. The van der Waals surface area contributed by atoms with Crippen LogP contribution in [0.5, 0.6) is 0 Å². The van der Waals surface area contributed by atoms with Crippen molar-refractivity contribution in [2.45, 2.75) is 174 Å². The number of hydrogen-bond donors (Lipinski definition) is 6. The number of allylic oxidation sites excluding steroid dienone is 8. The van der Waals surface area contributed by atoms with Crippen molar-refractivity contribution < 1.29 is 62.6 Å². The van der Waals surface area contributed by atoms with Gasteiger partial charge in [-0.3, -0.25) is 19.2 Å². The molecule has 0 fully saturated rings. The Hall–Kier alpha value is -7.41. The molecular weight excluding hydrogens is 1260 g/mol. The SMILES string of the molecule is CC(NC(=O)c1c(C(C)C)cc(C)cc1C(C)C)=C1C=CCC(=C(C)NC(=O)c2c(C(C)C)cc(C)cc2C(C)C)N1.CC(NC(=O)c1c(C)cccc1C)=C1C=CCC(=C(C)NC(=O)c2c(C)cccc2C)N1.CN(C)Cc1[c-]cccc1.CN(C)Cc1[c-]cccc1.[Ti+2].[Ti]. The van der Waals surface area contributed by atoms with E-state index in [9.17, 15) is 19.2 Å². The van der Waals surface area contributed by atoms with Crippen molar-refractivity contribution in [1.29, 1.82) is 0 Å². The fourth-order valence-corrected chi connectivity index (χ4v) is 11.4. The van der Waals surface area contributed by atoms with Crippen LogP contribution >= 0.6 is 0 Å². The summed E-state index contributed by atoms with van der Waals surface area (Å²) in [6.07, 6.45) is 9.34. The first-order valence-corrected chi connectivity index (χ1v) is 32.9. The molecule has 0 spiro atoms. The number of amides is 4. The summed E-state index contributed by atoms with van der Waals surface area (Å²) >= 11 is 0. The standard InChI is InChI=1S/C37H51N3O2.C27H31N3O2.2C9H12N.2Ti/c1-20(2)28-16-24(9)17-29(21(3)4)34(28)36(41)38-26(11)32-14-13-15-33(40-32)27(12)39-37(42)35-30(22(5)6)18-25(10)19-31(35)23(7)8;1-16-10-7-11-17(2)24(16)26(31)28-20(5)22-14-9-15-23(30-22)21(6)29-27(32)25-18(3)12-8-13-19(25)4;2*1-10(2)8-9-6-4-3-5-7-9;;/h13-14,16-23,40H,15H2,1-12H3,(H,38,41)(H,39,42);7-14,30H,15H2,1-6H3,(H,28,31)(H,29,32);2*3-6H,8H2,1-2H3;;/q;;2*-1;;+2. The Morgan fingerprint density at radius 3 is 0.969 bits per heavy atom. The zero-order valence-electron chi connectivity index (χ0n) is 61.4. The Labute approximate surface area is 606 Å². The molecule has 0 radical (unpaired) electrons. The molecule has 2 aliphatic heterocycles. The summed E-state index contributed by atoms with van der Waals surface area (Å²) in [5.41, 5.74) is 22.2. The Kier molecular flexibility index (Phi) is 34.3. The van der Waals surface area contributed by atoms with E-state index < -0.39 is 0 Å². The van der Waals surface area contributed by atoms with Crippen LogP contribution in [0.2, 0.25) is 0 Å². The van der Waals surface area contributed by atoms with Crippen LogP contribution < -0.4 is 31.9 Å². The maximum absolute atomic E-state index is 13.7. The number of benzene rings is 6. The van der Waals surface area contributed by atoms with E-state index in [1.54, 1.807) is 0 Å². The largest absolute Gasteiger partial charge is 2.00 e. The van der Waals surface area contributed by atoms with Gasteiger partial charge in [0.05, 0.1) is 11.4 Å². The van der Waals surface area contributed by atoms with E-state index >= 15 is 0 Å². The molecule has 0 aliphatic carbocycles. The average molecular weight is 1360 g/mol. The quantitative estimate of drug-likeness (QED) is 0.0415. The molecule has 0 saturated heterocycles. The molecule has 0 unspecified atom stereocenters. The Balaban J connectivity index is 0.000000387. The van der Waals surface area contributed by atoms with Gasteiger partial charge < -0.3 is 41.7 Å². The number of hydrogen-bond acceptors (Lipinski definition) is 8. The van der Waals surface area contributed by atoms with Crippen molar-refractivity contribution in [2.75, 3.05) is 28.2 Å². The second-order valence-electron chi connectivity index (χ2n) is 26.6. The minimum atomic E-state index is -0.128. The second kappa shape index (κ2) is 39.7. The van der Waals surface area contributed by atoms with E-state index in [1.807, 2.05) is 146 Å². The van der Waals surface area contributed by atoms with Crippen molar-refractivity contribution >= 4 is 23.6 Å². The van der Waals surface area contributed by atoms with Gasteiger partial charge >= 0.3 is 21.7 Å². The molecule has 0 atom stereocenters. The molecule has 506 valence electrons. The van der Waals surface area contributed by atoms with Crippen LogP contribution in [0.3, 0.4) is 0 Å². The van der Waals surface area contributed by atoms with Gasteiger partial charge in [-0.1, -0.05) is 139 Å². The molecule has 8 rings (SSSR count). The van der Waals surface area contributed by atoms with Crippen LogP contribution in [-0.2, 0) is 56.5 Å². The van der Waals surface area contributed by atoms with Gasteiger partial charge in [-0.15, -0.1) is 11.1 Å². The molecule has 12 nitrogen and oxygen atoms in total. The predicted octanol–water partition coefficient (Wildman–Crippen LogP) is 17.2. The molecule has 14 heteroatoms. The van der Waals surface area contributed by atoms with Gasteiger partial charge in [0, 0.05) is 104 Å². The normalized spacial score (nSPS) is 14.5. The Morgan fingerprint density at radius 2 is 0.708 bits per heavy atom. The van der Waals surface area contributed by atoms with Gasteiger partial charge in [0.2, 0.25) is 0 Å². The van der Waals surface area contributed by atoms with Gasteiger partial charge in [-0.25, -0.2) is 0 Å². The molecule has 0 bridgehead atoms. The summed E-state index contributed by atoms with van der Waals surface area (Å²) < 4.78 is 0. The topological polar surface area (TPSA) is 147 Å².